The first-order valence-corrected chi connectivity index (χ1v) is 44.9. The lowest BCUT2D eigenvalue weighted by Crippen LogP contribution is -2.56. The molecule has 7 aliphatic rings. The minimum Gasteiger partial charge on any atom is -0.368 e. The summed E-state index contributed by atoms with van der Waals surface area (Å²) in [6.07, 6.45) is 20.9. The first kappa shape index (κ1) is 87.9. The number of nitrogens with one attached hydrogen (secondary N) is 8. The van der Waals surface area contributed by atoms with E-state index in [1.54, 1.807) is 0 Å². The van der Waals surface area contributed by atoms with Crippen LogP contribution in [0.3, 0.4) is 0 Å². The molecule has 3 saturated heterocycles. The Bertz CT molecular complexity index is 6110. The van der Waals surface area contributed by atoms with Crippen LogP contribution in [0.2, 0.25) is 10.0 Å². The van der Waals surface area contributed by atoms with E-state index in [-0.39, 0.29) is 0 Å². The van der Waals surface area contributed by atoms with E-state index in [2.05, 4.69) is 222 Å². The van der Waals surface area contributed by atoms with Crippen LogP contribution in [0.4, 0.5) is 86.5 Å². The van der Waals surface area contributed by atoms with Crippen LogP contribution in [-0.2, 0) is 32.1 Å². The number of piperazine rings is 2. The molecule has 0 aliphatic carbocycles. The van der Waals surface area contributed by atoms with Gasteiger partial charge in [-0.2, -0.15) is 0 Å². The van der Waals surface area contributed by atoms with Gasteiger partial charge in [-0.15, -0.1) is 0 Å². The van der Waals surface area contributed by atoms with Gasteiger partial charge in [0.05, 0.1) is 113 Å². The average Bonchev–Trinajstić information content (AvgIpc) is 1.57. The van der Waals surface area contributed by atoms with Crippen LogP contribution in [0.15, 0.2) is 153 Å². The second-order valence-corrected chi connectivity index (χ2v) is 36.0. The highest BCUT2D eigenvalue weighted by Gasteiger charge is 2.31. The summed E-state index contributed by atoms with van der Waals surface area (Å²) in [5.41, 5.74) is 27.3. The van der Waals surface area contributed by atoms with E-state index < -0.39 is 0 Å². The van der Waals surface area contributed by atoms with E-state index in [1.807, 2.05) is 119 Å². The summed E-state index contributed by atoms with van der Waals surface area (Å²) in [5, 5.41) is 28.0. The lowest BCUT2D eigenvalue weighted by atomic mass is 10.0. The van der Waals surface area contributed by atoms with Crippen molar-refractivity contribution in [3.63, 3.8) is 0 Å². The standard InChI is InChI=1S/C26H30ClN7S.C24H27N7S.C23H26N6S.C21H19ClN6S/c1-5-34-15(2)13-33(14-16(34)3)20-10-22(17(4)28-12-20)31-26-29-11-18-8-24(35)30-23-9-19(27)6-7-21(23)25(18)32-26;1-15-4-5-19-21(10-15)27-22(32)11-17-13-26-24(29-23(17)19)28-20-12-18(14-25-16(20)2)31-8-6-30(3)7-9-31;1-14-5-6-18-20(9-14)26-21(30)11-17-13-25-23(28-22(17)18)27-19-10-16(7-8-29(3)4)12-24-15(19)2;22-14-3-5-16-17(10-14)26-19(29)9-13-11-24-21(27-20(13)16)25-15-4-6-18(23-12-15)28-7-1-2-8-28/h6-7,9-12,15-16H,5,8,13-14H2,1-4H3,(H,30,35)(H,29,31,32);4-5,10,12-14H,6-9,11H2,1-3H3,(H,27,32)(H,26,28,29);5-6,9-10,12-13H,7-8,11H2,1-4H3,(H,26,30)(H,25,27,28);3-6,10-12H,1-2,7-9H2,(H,26,29)(H,24,25,27)/t15-,16+;;;. The number of hydrogen-bond acceptors (Lipinski definition) is 26. The molecule has 12 aromatic rings. The molecule has 8 N–H and O–H groups in total. The number of halogens is 2. The number of pyridine rings is 4. The molecular weight excluding hydrogens is 1690 g/mol. The number of aromatic nitrogens is 12. The van der Waals surface area contributed by atoms with Crippen molar-refractivity contribution in [2.45, 2.75) is 112 Å². The number of aryl methyl sites for hydroxylation is 5. The molecule has 0 radical (unpaired) electrons. The molecule has 126 heavy (non-hydrogen) atoms. The van der Waals surface area contributed by atoms with Crippen molar-refractivity contribution in [3.05, 3.63) is 219 Å². The molecule has 26 nitrogen and oxygen atoms in total. The van der Waals surface area contributed by atoms with Gasteiger partial charge in [0.2, 0.25) is 23.8 Å². The third kappa shape index (κ3) is 21.1. The van der Waals surface area contributed by atoms with Gasteiger partial charge in [-0.05, 0) is 191 Å². The first-order chi connectivity index (χ1) is 60.8. The summed E-state index contributed by atoms with van der Waals surface area (Å²) in [7, 11) is 6.31. The van der Waals surface area contributed by atoms with Crippen LogP contribution in [0.1, 0.15) is 89.6 Å². The second kappa shape index (κ2) is 39.1. The summed E-state index contributed by atoms with van der Waals surface area (Å²) in [4.78, 5) is 73.2. The molecule has 0 saturated carbocycles. The van der Waals surface area contributed by atoms with E-state index in [9.17, 15) is 0 Å². The highest BCUT2D eigenvalue weighted by molar-refractivity contribution is 7.81. The Balaban J connectivity index is 0.000000124. The smallest absolute Gasteiger partial charge is 0.227 e. The highest BCUT2D eigenvalue weighted by atomic mass is 35.5. The molecule has 0 bridgehead atoms. The summed E-state index contributed by atoms with van der Waals surface area (Å²) < 4.78 is 0. The van der Waals surface area contributed by atoms with Crippen molar-refractivity contribution in [2.24, 2.45) is 0 Å². The molecule has 19 rings (SSSR count). The van der Waals surface area contributed by atoms with Crippen molar-refractivity contribution in [3.8, 4) is 45.0 Å². The molecule has 8 aromatic heterocycles. The monoisotopic (exact) mass is 1790 g/mol. The zero-order valence-corrected chi connectivity index (χ0v) is 77.3. The topological polar surface area (TPSA) is 270 Å². The van der Waals surface area contributed by atoms with Crippen LogP contribution in [0.25, 0.3) is 45.0 Å². The number of anilines is 15. The number of rotatable bonds is 15. The molecule has 3 fully saturated rings. The molecule has 15 heterocycles. The predicted molar refractivity (Wildman–Crippen MR) is 530 cm³/mol. The maximum absolute atomic E-state index is 6.23. The molecule has 7 aliphatic heterocycles. The van der Waals surface area contributed by atoms with Gasteiger partial charge in [0.1, 0.15) is 5.82 Å². The van der Waals surface area contributed by atoms with Gasteiger partial charge in [-0.3, -0.25) is 19.9 Å². The first-order valence-electron chi connectivity index (χ1n) is 42.5. The maximum atomic E-state index is 6.23. The summed E-state index contributed by atoms with van der Waals surface area (Å²) in [5.74, 6) is 3.18. The Morgan fingerprint density at radius 2 is 0.817 bits per heavy atom. The number of likely N-dealkylation sites (N-methyl/N-ethyl adjacent to an activating group) is 3. The molecule has 646 valence electrons. The molecule has 0 amide bonds. The molecular formula is C94H102Cl2N26S4. The van der Waals surface area contributed by atoms with Crippen molar-refractivity contribution < 1.29 is 0 Å². The fraction of sp³-hybridized carbons (Fsp3) is 0.319. The Labute approximate surface area is 767 Å². The van der Waals surface area contributed by atoms with Gasteiger partial charge in [-0.25, -0.2) is 44.9 Å². The molecule has 0 spiro atoms. The normalized spacial score (nSPS) is 16.2. The van der Waals surface area contributed by atoms with Crippen LogP contribution >= 0.6 is 72.1 Å². The van der Waals surface area contributed by atoms with E-state index in [4.69, 9.17) is 92.0 Å². The minimum absolute atomic E-state index is 0.489. The van der Waals surface area contributed by atoms with E-state index >= 15 is 0 Å². The molecule has 32 heteroatoms. The van der Waals surface area contributed by atoms with Gasteiger partial charge in [0, 0.05) is 205 Å². The van der Waals surface area contributed by atoms with Gasteiger partial charge in [0.15, 0.2) is 0 Å². The highest BCUT2D eigenvalue weighted by Crippen LogP contribution is 2.41. The van der Waals surface area contributed by atoms with Gasteiger partial charge < -0.3 is 67.0 Å². The van der Waals surface area contributed by atoms with Crippen LogP contribution in [0, 0.1) is 34.6 Å². The van der Waals surface area contributed by atoms with Crippen LogP contribution < -0.4 is 57.2 Å². The number of benzene rings is 4. The number of hydrogen-bond donors (Lipinski definition) is 8. The Morgan fingerprint density at radius 1 is 0.421 bits per heavy atom. The third-order valence-electron chi connectivity index (χ3n) is 23.3. The van der Waals surface area contributed by atoms with Crippen molar-refractivity contribution in [1.29, 1.82) is 0 Å². The largest absolute Gasteiger partial charge is 0.368 e. The summed E-state index contributed by atoms with van der Waals surface area (Å²) in [6.45, 7) is 27.2. The zero-order chi connectivity index (χ0) is 88.0. The molecule has 2 atom stereocenters. The summed E-state index contributed by atoms with van der Waals surface area (Å²) in [6, 6.07) is 35.5. The number of thiocarbonyl (C=S) groups is 4. The Hall–Kier alpha value is -11.6. The maximum Gasteiger partial charge on any atom is 0.227 e. The van der Waals surface area contributed by atoms with E-state index in [0.29, 0.717) is 71.6 Å². The number of fused-ring (bicyclic) bond motifs is 12. The quantitative estimate of drug-likeness (QED) is 0.0443. The fourth-order valence-electron chi connectivity index (χ4n) is 16.6. The lowest BCUT2D eigenvalue weighted by molar-refractivity contribution is 0.140. The van der Waals surface area contributed by atoms with Crippen molar-refractivity contribution >= 4 is 179 Å². The Kier molecular flexibility index (Phi) is 27.3. The SMILES string of the molecule is CCN1[C@H](C)CN(c2cnc(C)c(Nc3ncc4c(n3)-c3ccc(Cl)cc3NC(=S)C4)c2)C[C@@H]1C.Cc1ccc2c(c1)NC(=S)Cc1cnc(Nc3cc(CCN(C)C)cnc3C)nc1-2.Cc1ccc2c(c1)NC(=S)Cc1cnc(Nc3cc(N4CCN(C)CC4)cnc3C)nc1-2.S=C1Cc2cnc(Nc3ccc(N4CCCC4)nc3)nc2-c2ccc(Cl)cc2N1. The lowest BCUT2D eigenvalue weighted by Gasteiger charge is -2.45. The van der Waals surface area contributed by atoms with Crippen LogP contribution in [-0.4, -0.2) is 193 Å². The number of nitrogens with zero attached hydrogens (tertiary/aromatic N) is 18. The molecule has 0 unspecified atom stereocenters. The predicted octanol–water partition coefficient (Wildman–Crippen LogP) is 18.5. The van der Waals surface area contributed by atoms with E-state index in [1.165, 1.54) is 29.5 Å². The van der Waals surface area contributed by atoms with Gasteiger partial charge >= 0.3 is 0 Å². The van der Waals surface area contributed by atoms with Crippen molar-refractivity contribution in [2.75, 3.05) is 144 Å². The van der Waals surface area contributed by atoms with Crippen molar-refractivity contribution in [1.82, 2.24) is 74.5 Å². The average molecular weight is 1800 g/mol. The third-order valence-corrected chi connectivity index (χ3v) is 24.8. The Morgan fingerprint density at radius 3 is 1.23 bits per heavy atom. The van der Waals surface area contributed by atoms with Gasteiger partial charge in [-0.1, -0.05) is 103 Å². The second-order valence-electron chi connectivity index (χ2n) is 33.2. The zero-order valence-electron chi connectivity index (χ0n) is 72.5. The molecule has 4 aromatic carbocycles. The summed E-state index contributed by atoms with van der Waals surface area (Å²) >= 11 is 34.4. The van der Waals surface area contributed by atoms with Gasteiger partial charge in [0.25, 0.3) is 0 Å². The minimum atomic E-state index is 0.489. The van der Waals surface area contributed by atoms with E-state index in [0.717, 1.165) is 239 Å². The fourth-order valence-corrected chi connectivity index (χ4v) is 18.0. The van der Waals surface area contributed by atoms with Crippen LogP contribution in [0.5, 0.6) is 0 Å².